The van der Waals surface area contributed by atoms with Crippen LogP contribution in [0.2, 0.25) is 0 Å². The molecule has 1 aliphatic carbocycles. The van der Waals surface area contributed by atoms with Crippen LogP contribution in [0, 0.1) is 6.92 Å². The lowest BCUT2D eigenvalue weighted by molar-refractivity contribution is 0.0928. The highest BCUT2D eigenvalue weighted by molar-refractivity contribution is 7.92. The van der Waals surface area contributed by atoms with Crippen LogP contribution in [0.3, 0.4) is 0 Å². The zero-order valence-corrected chi connectivity index (χ0v) is 20.4. The summed E-state index contributed by atoms with van der Waals surface area (Å²) in [4.78, 5) is 26.2. The van der Waals surface area contributed by atoms with Crippen LogP contribution in [0.5, 0.6) is 0 Å². The van der Waals surface area contributed by atoms with Gasteiger partial charge < -0.3 is 10.6 Å². The Kier molecular flexibility index (Phi) is 7.51. The van der Waals surface area contributed by atoms with E-state index in [9.17, 15) is 18.0 Å². The molecule has 4 rings (SSSR count). The monoisotopic (exact) mass is 491 g/mol. The van der Waals surface area contributed by atoms with Gasteiger partial charge in [-0.1, -0.05) is 55.7 Å². The first-order valence-corrected chi connectivity index (χ1v) is 13.2. The number of sulfonamides is 1. The van der Waals surface area contributed by atoms with E-state index in [0.717, 1.165) is 25.7 Å². The fourth-order valence-corrected chi connectivity index (χ4v) is 5.43. The predicted molar refractivity (Wildman–Crippen MR) is 137 cm³/mol. The van der Waals surface area contributed by atoms with Crippen molar-refractivity contribution in [1.82, 2.24) is 5.32 Å². The lowest BCUT2D eigenvalue weighted by Crippen LogP contribution is -2.36. The van der Waals surface area contributed by atoms with E-state index < -0.39 is 15.9 Å². The van der Waals surface area contributed by atoms with Crippen molar-refractivity contribution >= 4 is 33.2 Å². The van der Waals surface area contributed by atoms with Crippen molar-refractivity contribution in [2.75, 3.05) is 10.0 Å². The van der Waals surface area contributed by atoms with Crippen LogP contribution >= 0.6 is 0 Å². The first-order valence-electron chi connectivity index (χ1n) is 11.7. The predicted octanol–water partition coefficient (Wildman–Crippen LogP) is 5.11. The number of rotatable bonds is 7. The number of carbonyl (C=O) groups excluding carboxylic acids is 2. The van der Waals surface area contributed by atoms with E-state index in [4.69, 9.17) is 0 Å². The molecule has 1 saturated carbocycles. The fraction of sp³-hybridized carbons (Fsp3) is 0.259. The molecule has 1 aliphatic rings. The third-order valence-electron chi connectivity index (χ3n) is 6.24. The standard InChI is InChI=1S/C27H29N3O4S/c1-19-22(16-10-18-24(19)30-35(33,34)21-13-6-3-7-14-21)26(31)29-25-17-9-8-15-23(25)27(32)28-20-11-4-2-5-12-20/h3,6-10,13-18,20,30H,2,4-5,11-12H2,1H3,(H,28,32)(H,29,31). The number of nitrogens with one attached hydrogen (secondary N) is 3. The summed E-state index contributed by atoms with van der Waals surface area (Å²) < 4.78 is 28.1. The molecule has 2 amide bonds. The average molecular weight is 492 g/mol. The molecule has 182 valence electrons. The van der Waals surface area contributed by atoms with Crippen molar-refractivity contribution in [2.24, 2.45) is 0 Å². The number of hydrogen-bond acceptors (Lipinski definition) is 4. The Labute approximate surface area is 206 Å². The lowest BCUT2D eigenvalue weighted by atomic mass is 9.95. The van der Waals surface area contributed by atoms with Gasteiger partial charge in [0.2, 0.25) is 0 Å². The molecule has 35 heavy (non-hydrogen) atoms. The summed E-state index contributed by atoms with van der Waals surface area (Å²) in [6.45, 7) is 1.68. The van der Waals surface area contributed by atoms with Gasteiger partial charge in [0.05, 0.1) is 21.8 Å². The van der Waals surface area contributed by atoms with Gasteiger partial charge in [-0.05, 0) is 61.7 Å². The van der Waals surface area contributed by atoms with E-state index in [2.05, 4.69) is 15.4 Å². The maximum absolute atomic E-state index is 13.2. The summed E-state index contributed by atoms with van der Waals surface area (Å²) in [6, 6.07) is 19.9. The van der Waals surface area contributed by atoms with Gasteiger partial charge in [0.25, 0.3) is 21.8 Å². The Balaban J connectivity index is 1.53. The van der Waals surface area contributed by atoms with Gasteiger partial charge in [-0.15, -0.1) is 0 Å². The van der Waals surface area contributed by atoms with E-state index in [1.807, 2.05) is 0 Å². The third-order valence-corrected chi connectivity index (χ3v) is 7.62. The molecule has 3 aromatic rings. The Hall–Kier alpha value is -3.65. The molecule has 1 fully saturated rings. The highest BCUT2D eigenvalue weighted by Crippen LogP contribution is 2.25. The van der Waals surface area contributed by atoms with Gasteiger partial charge >= 0.3 is 0 Å². The molecule has 0 aliphatic heterocycles. The fourth-order valence-electron chi connectivity index (χ4n) is 4.29. The smallest absolute Gasteiger partial charge is 0.261 e. The molecule has 0 aromatic heterocycles. The first kappa shape index (κ1) is 24.5. The minimum atomic E-state index is -3.80. The number of para-hydroxylation sites is 1. The normalized spacial score (nSPS) is 14.2. The molecule has 0 heterocycles. The summed E-state index contributed by atoms with van der Waals surface area (Å²) in [5.41, 5.74) is 1.89. The average Bonchev–Trinajstić information content (AvgIpc) is 2.86. The second-order valence-corrected chi connectivity index (χ2v) is 10.4. The van der Waals surface area contributed by atoms with Crippen LogP contribution in [0.15, 0.2) is 77.7 Å². The molecule has 0 radical (unpaired) electrons. The maximum atomic E-state index is 13.2. The topological polar surface area (TPSA) is 104 Å². The molecular formula is C27H29N3O4S. The lowest BCUT2D eigenvalue weighted by Gasteiger charge is -2.23. The third kappa shape index (κ3) is 5.89. The van der Waals surface area contributed by atoms with Crippen molar-refractivity contribution in [3.63, 3.8) is 0 Å². The quantitative estimate of drug-likeness (QED) is 0.427. The van der Waals surface area contributed by atoms with E-state index >= 15 is 0 Å². The van der Waals surface area contributed by atoms with Gasteiger partial charge in [0.15, 0.2) is 0 Å². The molecule has 8 heteroatoms. The molecule has 0 bridgehead atoms. The van der Waals surface area contributed by atoms with Gasteiger partial charge in [-0.3, -0.25) is 14.3 Å². The van der Waals surface area contributed by atoms with Gasteiger partial charge in [-0.2, -0.15) is 0 Å². The van der Waals surface area contributed by atoms with Crippen LogP contribution in [0.4, 0.5) is 11.4 Å². The molecular weight excluding hydrogens is 462 g/mol. The molecule has 0 atom stereocenters. The van der Waals surface area contributed by atoms with Crippen molar-refractivity contribution < 1.29 is 18.0 Å². The summed E-state index contributed by atoms with van der Waals surface area (Å²) in [5, 5.41) is 5.91. The number of hydrogen-bond donors (Lipinski definition) is 3. The van der Waals surface area contributed by atoms with Gasteiger partial charge in [-0.25, -0.2) is 8.42 Å². The Morgan fingerprint density at radius 3 is 2.11 bits per heavy atom. The summed E-state index contributed by atoms with van der Waals surface area (Å²) in [6.07, 6.45) is 5.33. The SMILES string of the molecule is Cc1c(NS(=O)(=O)c2ccccc2)cccc1C(=O)Nc1ccccc1C(=O)NC1CCCCC1. The minimum absolute atomic E-state index is 0.132. The Morgan fingerprint density at radius 1 is 0.743 bits per heavy atom. The van der Waals surface area contributed by atoms with Crippen LogP contribution in [-0.2, 0) is 10.0 Å². The number of benzene rings is 3. The highest BCUT2D eigenvalue weighted by atomic mass is 32.2. The van der Waals surface area contributed by atoms with Crippen molar-refractivity contribution in [3.05, 3.63) is 89.5 Å². The summed E-state index contributed by atoms with van der Waals surface area (Å²) in [5.74, 6) is -0.643. The molecule has 3 N–H and O–H groups in total. The summed E-state index contributed by atoms with van der Waals surface area (Å²) >= 11 is 0. The van der Waals surface area contributed by atoms with Crippen molar-refractivity contribution in [2.45, 2.75) is 50.0 Å². The Morgan fingerprint density at radius 2 is 1.37 bits per heavy atom. The molecule has 0 spiro atoms. The van der Waals surface area contributed by atoms with Gasteiger partial charge in [0.1, 0.15) is 0 Å². The van der Waals surface area contributed by atoms with Crippen molar-refractivity contribution in [1.29, 1.82) is 0 Å². The number of carbonyl (C=O) groups is 2. The van der Waals surface area contributed by atoms with E-state index in [1.165, 1.54) is 18.6 Å². The second-order valence-electron chi connectivity index (χ2n) is 8.70. The van der Waals surface area contributed by atoms with Crippen LogP contribution in [-0.4, -0.2) is 26.3 Å². The molecule has 7 nitrogen and oxygen atoms in total. The van der Waals surface area contributed by atoms with Crippen LogP contribution < -0.4 is 15.4 Å². The zero-order chi connectivity index (χ0) is 24.8. The minimum Gasteiger partial charge on any atom is -0.349 e. The number of amides is 2. The molecule has 0 unspecified atom stereocenters. The Bertz CT molecular complexity index is 1320. The van der Waals surface area contributed by atoms with Crippen LogP contribution in [0.25, 0.3) is 0 Å². The largest absolute Gasteiger partial charge is 0.349 e. The van der Waals surface area contributed by atoms with E-state index in [1.54, 1.807) is 67.6 Å². The maximum Gasteiger partial charge on any atom is 0.261 e. The molecule has 0 saturated heterocycles. The first-order chi connectivity index (χ1) is 16.8. The second kappa shape index (κ2) is 10.7. The van der Waals surface area contributed by atoms with Crippen molar-refractivity contribution in [3.8, 4) is 0 Å². The van der Waals surface area contributed by atoms with Gasteiger partial charge in [0, 0.05) is 11.6 Å². The zero-order valence-electron chi connectivity index (χ0n) is 19.6. The summed E-state index contributed by atoms with van der Waals surface area (Å²) in [7, 11) is -3.80. The highest BCUT2D eigenvalue weighted by Gasteiger charge is 2.21. The van der Waals surface area contributed by atoms with Crippen LogP contribution in [0.1, 0.15) is 58.4 Å². The number of anilines is 2. The molecule has 3 aromatic carbocycles. The van der Waals surface area contributed by atoms with E-state index in [-0.39, 0.29) is 16.8 Å². The van der Waals surface area contributed by atoms with E-state index in [0.29, 0.717) is 28.1 Å².